The fourth-order valence-corrected chi connectivity index (χ4v) is 8.35. The summed E-state index contributed by atoms with van der Waals surface area (Å²) < 4.78 is 68.1. The average molecular weight is 659 g/mol. The molecule has 16 heteroatoms. The van der Waals surface area contributed by atoms with Gasteiger partial charge in [0.2, 0.25) is 0 Å². The monoisotopic (exact) mass is 658 g/mol. The fourth-order valence-electron chi connectivity index (χ4n) is 6.87. The summed E-state index contributed by atoms with van der Waals surface area (Å²) in [5.41, 5.74) is 6.51. The molecule has 4 aliphatic rings. The molecule has 2 aliphatic carbocycles. The first-order valence-electron chi connectivity index (χ1n) is 15.7. The lowest BCUT2D eigenvalue weighted by molar-refractivity contribution is -0.143. The maximum absolute atomic E-state index is 13.7. The van der Waals surface area contributed by atoms with Crippen molar-refractivity contribution >= 4 is 27.2 Å². The van der Waals surface area contributed by atoms with Crippen molar-refractivity contribution in [3.8, 4) is 11.4 Å². The summed E-state index contributed by atoms with van der Waals surface area (Å²) in [7, 11) is -2.25. The zero-order chi connectivity index (χ0) is 32.3. The molecule has 46 heavy (non-hydrogen) atoms. The number of aromatic nitrogens is 6. The van der Waals surface area contributed by atoms with E-state index >= 15 is 0 Å². The molecule has 2 aliphatic heterocycles. The van der Waals surface area contributed by atoms with Crippen LogP contribution in [0, 0.1) is 11.8 Å². The van der Waals surface area contributed by atoms with E-state index in [4.69, 9.17) is 5.73 Å². The van der Waals surface area contributed by atoms with Gasteiger partial charge >= 0.3 is 6.18 Å². The largest absolute Gasteiger partial charge is 0.433 e. The summed E-state index contributed by atoms with van der Waals surface area (Å²) in [6.45, 7) is 3.37. The Morgan fingerprint density at radius 3 is 2.54 bits per heavy atom. The van der Waals surface area contributed by atoms with Gasteiger partial charge in [0.25, 0.3) is 10.0 Å². The highest BCUT2D eigenvalue weighted by Crippen LogP contribution is 2.45. The molecule has 5 heterocycles. The lowest BCUT2D eigenvalue weighted by atomic mass is 9.66. The van der Waals surface area contributed by atoms with Crippen LogP contribution in [-0.2, 0) is 23.2 Å². The minimum Gasteiger partial charge on any atom is -0.328 e. The normalized spacial score (nSPS) is 25.9. The first-order valence-corrected chi connectivity index (χ1v) is 17.2. The predicted molar refractivity (Wildman–Crippen MR) is 166 cm³/mol. The summed E-state index contributed by atoms with van der Waals surface area (Å²) in [5, 5.41) is 11.1. The molecule has 1 atom stereocenters. The summed E-state index contributed by atoms with van der Waals surface area (Å²) >= 11 is 0. The van der Waals surface area contributed by atoms with Crippen LogP contribution in [0.1, 0.15) is 62.8 Å². The Kier molecular flexibility index (Phi) is 7.79. The molecule has 3 aromatic heterocycles. The minimum absolute atomic E-state index is 0.00949. The summed E-state index contributed by atoms with van der Waals surface area (Å²) in [4.78, 5) is 15.9. The van der Waals surface area contributed by atoms with Crippen molar-refractivity contribution in [1.29, 1.82) is 0 Å². The fraction of sp³-hybridized carbons (Fsp3) is 0.567. The van der Waals surface area contributed by atoms with Crippen LogP contribution in [0.2, 0.25) is 0 Å². The van der Waals surface area contributed by atoms with Crippen molar-refractivity contribution in [2.24, 2.45) is 29.6 Å². The molecule has 3 N–H and O–H groups in total. The van der Waals surface area contributed by atoms with E-state index in [0.29, 0.717) is 41.5 Å². The maximum atomic E-state index is 13.7. The van der Waals surface area contributed by atoms with Gasteiger partial charge in [0, 0.05) is 38.0 Å². The van der Waals surface area contributed by atoms with Crippen LogP contribution in [-0.4, -0.2) is 78.5 Å². The van der Waals surface area contributed by atoms with Crippen molar-refractivity contribution in [3.05, 3.63) is 48.3 Å². The van der Waals surface area contributed by atoms with Crippen LogP contribution < -0.4 is 11.1 Å². The highest BCUT2D eigenvalue weighted by atomic mass is 32.2. The third-order valence-corrected chi connectivity index (χ3v) is 11.8. The van der Waals surface area contributed by atoms with Crippen molar-refractivity contribution in [1.82, 2.24) is 33.8 Å². The standard InChI is InChI=1S/C30H37F3N10O2S/c1-41-25(30(31,32)33)13-24(40-41)23-16-36-27(14-29(23,34)21-5-3-19(4-6-21)17-42-11-2-12-42)38-26-9-10-35-28(39-26)20-15-37-43(18-20)46(44,45)22-7-8-22/h9-10,13,15-16,18-19,21-22H,2-8,11-12,14,17,34H2,1H3,(H,35,36,38,39). The molecular weight excluding hydrogens is 621 g/mol. The molecule has 3 aromatic rings. The molecular formula is C30H37F3N10O2S. The Morgan fingerprint density at radius 2 is 1.89 bits per heavy atom. The van der Waals surface area contributed by atoms with Crippen molar-refractivity contribution in [3.63, 3.8) is 0 Å². The van der Waals surface area contributed by atoms with E-state index in [9.17, 15) is 21.6 Å². The van der Waals surface area contributed by atoms with E-state index in [0.717, 1.165) is 60.2 Å². The molecule has 0 bridgehead atoms. The number of halogens is 3. The average Bonchev–Trinajstić information content (AvgIpc) is 3.61. The summed E-state index contributed by atoms with van der Waals surface area (Å²) in [6, 6.07) is 2.71. The minimum atomic E-state index is -4.55. The second kappa shape index (κ2) is 11.6. The van der Waals surface area contributed by atoms with Gasteiger partial charge in [-0.05, 0) is 82.0 Å². The zero-order valence-electron chi connectivity index (χ0n) is 25.5. The van der Waals surface area contributed by atoms with Crippen molar-refractivity contribution < 1.29 is 21.6 Å². The highest BCUT2D eigenvalue weighted by molar-refractivity contribution is 7.90. The van der Waals surface area contributed by atoms with Gasteiger partial charge in [-0.2, -0.15) is 27.5 Å². The third kappa shape index (κ3) is 5.97. The molecule has 3 fully saturated rings. The number of nitrogens with two attached hydrogens (primary N) is 1. The molecule has 1 unspecified atom stereocenters. The number of rotatable bonds is 8. The second-order valence-electron chi connectivity index (χ2n) is 13.0. The quantitative estimate of drug-likeness (QED) is 0.368. The molecule has 0 spiro atoms. The van der Waals surface area contributed by atoms with E-state index in [1.165, 1.54) is 32.1 Å². The third-order valence-electron chi connectivity index (χ3n) is 9.75. The molecule has 246 valence electrons. The topological polar surface area (TPSA) is 149 Å². The Balaban J connectivity index is 1.15. The van der Waals surface area contributed by atoms with Gasteiger partial charge in [-0.15, -0.1) is 0 Å². The molecule has 0 radical (unpaired) electrons. The number of aliphatic imine (C=N–C) groups is 1. The first kappa shape index (κ1) is 31.0. The number of amidine groups is 1. The molecule has 1 saturated heterocycles. The van der Waals surface area contributed by atoms with Crippen molar-refractivity contribution in [2.75, 3.05) is 25.0 Å². The Hall–Kier alpha value is -3.63. The number of likely N-dealkylation sites (tertiary alicyclic amines) is 1. The Morgan fingerprint density at radius 1 is 1.13 bits per heavy atom. The highest BCUT2D eigenvalue weighted by Gasteiger charge is 2.46. The summed E-state index contributed by atoms with van der Waals surface area (Å²) in [6.07, 6.45) is 7.79. The van der Waals surface area contributed by atoms with Crippen LogP contribution in [0.4, 0.5) is 19.0 Å². The number of hydrogen-bond donors (Lipinski definition) is 2. The smallest absolute Gasteiger partial charge is 0.328 e. The van der Waals surface area contributed by atoms with Crippen LogP contribution in [0.5, 0.6) is 0 Å². The lowest BCUT2D eigenvalue weighted by Gasteiger charge is -2.45. The van der Waals surface area contributed by atoms with Gasteiger partial charge in [0.05, 0.1) is 34.4 Å². The van der Waals surface area contributed by atoms with Crippen LogP contribution in [0.15, 0.2) is 41.9 Å². The zero-order valence-corrected chi connectivity index (χ0v) is 26.3. The number of alkyl halides is 3. The van der Waals surface area contributed by atoms with E-state index in [2.05, 4.69) is 35.4 Å². The van der Waals surface area contributed by atoms with Gasteiger partial charge in [-0.1, -0.05) is 0 Å². The van der Waals surface area contributed by atoms with Gasteiger partial charge in [0.15, 0.2) is 5.82 Å². The molecule has 2 saturated carbocycles. The number of aryl methyl sites for hydroxylation is 1. The van der Waals surface area contributed by atoms with Gasteiger partial charge in [-0.3, -0.25) is 4.68 Å². The van der Waals surface area contributed by atoms with Gasteiger partial charge in [0.1, 0.15) is 17.3 Å². The SMILES string of the molecule is Cn1nc(C2=CN=C(Nc3ccnc(-c4cnn(S(=O)(=O)C5CC5)c4)n3)CC2(N)C2CCC(CN3CCC3)CC2)cc1C(F)(F)F. The Bertz CT molecular complexity index is 1780. The molecule has 0 aromatic carbocycles. The molecule has 0 amide bonds. The van der Waals surface area contributed by atoms with Crippen LogP contribution >= 0.6 is 0 Å². The van der Waals surface area contributed by atoms with Gasteiger partial charge in [-0.25, -0.2) is 23.4 Å². The molecule has 12 nitrogen and oxygen atoms in total. The number of nitrogens with zero attached hydrogens (tertiary/aromatic N) is 8. The van der Waals surface area contributed by atoms with E-state index in [1.54, 1.807) is 12.3 Å². The number of hydrogen-bond acceptors (Lipinski definition) is 10. The maximum Gasteiger partial charge on any atom is 0.433 e. The lowest BCUT2D eigenvalue weighted by Crippen LogP contribution is -2.53. The van der Waals surface area contributed by atoms with Crippen molar-refractivity contribution in [2.45, 2.75) is 68.3 Å². The van der Waals surface area contributed by atoms with Crippen LogP contribution in [0.25, 0.3) is 17.0 Å². The number of anilines is 1. The van der Waals surface area contributed by atoms with Gasteiger partial charge < -0.3 is 16.0 Å². The van der Waals surface area contributed by atoms with E-state index in [-0.39, 0.29) is 23.9 Å². The van der Waals surface area contributed by atoms with E-state index in [1.807, 2.05) is 0 Å². The predicted octanol–water partition coefficient (Wildman–Crippen LogP) is 3.90. The Labute approximate surface area is 265 Å². The second-order valence-corrected chi connectivity index (χ2v) is 15.1. The van der Waals surface area contributed by atoms with Crippen LogP contribution in [0.3, 0.4) is 0 Å². The van der Waals surface area contributed by atoms with E-state index < -0.39 is 32.7 Å². The first-order chi connectivity index (χ1) is 21.9. The summed E-state index contributed by atoms with van der Waals surface area (Å²) in [5.74, 6) is 1.80. The number of nitrogens with one attached hydrogen (secondary N) is 1. The molecule has 7 rings (SSSR count).